The molecule has 1 amide bonds. The van der Waals surface area contributed by atoms with E-state index >= 15 is 0 Å². The molecule has 0 spiro atoms. The molecule has 0 aromatic heterocycles. The Kier molecular flexibility index (Phi) is 5.66. The summed E-state index contributed by atoms with van der Waals surface area (Å²) in [5.74, 6) is -1.30. The molecule has 2 aromatic carbocycles. The third-order valence-corrected chi connectivity index (χ3v) is 3.29. The van der Waals surface area contributed by atoms with E-state index in [1.54, 1.807) is 6.07 Å². The predicted octanol–water partition coefficient (Wildman–Crippen LogP) is 3.85. The molecular weight excluding hydrogens is 351 g/mol. The maximum atomic E-state index is 13.1. The Morgan fingerprint density at radius 2 is 1.88 bits per heavy atom. The van der Waals surface area contributed by atoms with Crippen LogP contribution in [-0.2, 0) is 4.79 Å². The molecule has 0 saturated carbocycles. The van der Waals surface area contributed by atoms with Crippen molar-refractivity contribution in [2.75, 3.05) is 10.6 Å². The summed E-state index contributed by atoms with van der Waals surface area (Å²) in [4.78, 5) is 22.1. The number of hydrogen-bond donors (Lipinski definition) is 2. The van der Waals surface area contributed by atoms with Crippen LogP contribution in [0.2, 0.25) is 5.02 Å². The van der Waals surface area contributed by atoms with Crippen LogP contribution in [-0.4, -0.2) is 10.8 Å². The molecule has 2 aromatic rings. The van der Waals surface area contributed by atoms with E-state index in [9.17, 15) is 19.3 Å². The first-order chi connectivity index (χ1) is 11.9. The first kappa shape index (κ1) is 17.9. The monoisotopic (exact) mass is 360 g/mol. The standard InChI is InChI=1S/C16H10ClFN4O3/c17-14-7-12(3-6-15(14)18)20-9-10(8-19)16(23)21-11-1-4-13(5-2-11)22(24)25/h1-7,9,20H,(H,21,23)/b10-9-. The van der Waals surface area contributed by atoms with Crippen molar-refractivity contribution in [3.63, 3.8) is 0 Å². The second kappa shape index (κ2) is 7.90. The van der Waals surface area contributed by atoms with Gasteiger partial charge in [0.05, 0.1) is 9.95 Å². The number of halogens is 2. The summed E-state index contributed by atoms with van der Waals surface area (Å²) in [6.07, 6.45) is 1.14. The van der Waals surface area contributed by atoms with Gasteiger partial charge in [0.25, 0.3) is 11.6 Å². The van der Waals surface area contributed by atoms with Crippen LogP contribution in [0.4, 0.5) is 21.5 Å². The number of benzene rings is 2. The van der Waals surface area contributed by atoms with Gasteiger partial charge >= 0.3 is 0 Å². The Hall–Kier alpha value is -3.44. The summed E-state index contributed by atoms with van der Waals surface area (Å²) < 4.78 is 13.1. The molecule has 0 bridgehead atoms. The number of hydrogen-bond acceptors (Lipinski definition) is 5. The van der Waals surface area contributed by atoms with Gasteiger partial charge in [-0.25, -0.2) is 4.39 Å². The number of anilines is 2. The van der Waals surface area contributed by atoms with Gasteiger partial charge in [0.15, 0.2) is 0 Å². The minimum absolute atomic E-state index is 0.104. The van der Waals surface area contributed by atoms with Gasteiger partial charge in [-0.1, -0.05) is 11.6 Å². The number of nitro benzene ring substituents is 1. The number of amides is 1. The van der Waals surface area contributed by atoms with Gasteiger partial charge in [0.1, 0.15) is 17.5 Å². The van der Waals surface area contributed by atoms with E-state index in [1.807, 2.05) is 0 Å². The summed E-state index contributed by atoms with van der Waals surface area (Å²) in [6, 6.07) is 10.7. The van der Waals surface area contributed by atoms with Crippen LogP contribution in [0.15, 0.2) is 54.2 Å². The highest BCUT2D eigenvalue weighted by molar-refractivity contribution is 6.31. The van der Waals surface area contributed by atoms with Crippen molar-refractivity contribution in [3.8, 4) is 6.07 Å². The van der Waals surface area contributed by atoms with Crippen LogP contribution in [0.5, 0.6) is 0 Å². The highest BCUT2D eigenvalue weighted by Gasteiger charge is 2.11. The molecule has 126 valence electrons. The Morgan fingerprint density at radius 3 is 2.44 bits per heavy atom. The van der Waals surface area contributed by atoms with Gasteiger partial charge in [0, 0.05) is 29.7 Å². The van der Waals surface area contributed by atoms with Crippen LogP contribution in [0.3, 0.4) is 0 Å². The molecule has 0 radical (unpaired) electrons. The molecule has 0 fully saturated rings. The smallest absolute Gasteiger partial charge is 0.269 e. The van der Waals surface area contributed by atoms with Gasteiger partial charge in [0.2, 0.25) is 0 Å². The fraction of sp³-hybridized carbons (Fsp3) is 0. The number of carbonyl (C=O) groups excluding carboxylic acids is 1. The molecule has 0 aliphatic carbocycles. The van der Waals surface area contributed by atoms with E-state index in [0.29, 0.717) is 11.4 Å². The highest BCUT2D eigenvalue weighted by Crippen LogP contribution is 2.20. The molecule has 0 atom stereocenters. The van der Waals surface area contributed by atoms with Gasteiger partial charge in [-0.3, -0.25) is 14.9 Å². The van der Waals surface area contributed by atoms with Crippen molar-refractivity contribution < 1.29 is 14.1 Å². The topological polar surface area (TPSA) is 108 Å². The fourth-order valence-electron chi connectivity index (χ4n) is 1.75. The third-order valence-electron chi connectivity index (χ3n) is 3.00. The maximum Gasteiger partial charge on any atom is 0.269 e. The lowest BCUT2D eigenvalue weighted by molar-refractivity contribution is -0.384. The zero-order valence-electron chi connectivity index (χ0n) is 12.5. The summed E-state index contributed by atoms with van der Waals surface area (Å²) in [5, 5.41) is 24.7. The molecule has 25 heavy (non-hydrogen) atoms. The molecule has 2 N–H and O–H groups in total. The molecular formula is C16H10ClFN4O3. The highest BCUT2D eigenvalue weighted by atomic mass is 35.5. The van der Waals surface area contributed by atoms with Crippen molar-refractivity contribution >= 4 is 34.6 Å². The van der Waals surface area contributed by atoms with E-state index in [4.69, 9.17) is 16.9 Å². The number of nitriles is 1. The van der Waals surface area contributed by atoms with Crippen molar-refractivity contribution in [1.82, 2.24) is 0 Å². The number of nitrogens with one attached hydrogen (secondary N) is 2. The fourth-order valence-corrected chi connectivity index (χ4v) is 1.94. The minimum atomic E-state index is -0.711. The van der Waals surface area contributed by atoms with E-state index in [1.165, 1.54) is 36.4 Å². The molecule has 0 saturated heterocycles. The number of carbonyl (C=O) groups is 1. The van der Waals surface area contributed by atoms with Gasteiger partial charge < -0.3 is 10.6 Å². The zero-order chi connectivity index (χ0) is 18.4. The summed E-state index contributed by atoms with van der Waals surface area (Å²) in [6.45, 7) is 0. The Balaban J connectivity index is 2.08. The van der Waals surface area contributed by atoms with E-state index in [-0.39, 0.29) is 16.3 Å². The second-order valence-corrected chi connectivity index (χ2v) is 5.11. The van der Waals surface area contributed by atoms with Crippen molar-refractivity contribution in [3.05, 3.63) is 75.2 Å². The van der Waals surface area contributed by atoms with Gasteiger partial charge in [-0.15, -0.1) is 0 Å². The lowest BCUT2D eigenvalue weighted by Crippen LogP contribution is -2.14. The second-order valence-electron chi connectivity index (χ2n) is 4.70. The molecule has 0 heterocycles. The molecule has 9 heteroatoms. The minimum Gasteiger partial charge on any atom is -0.360 e. The predicted molar refractivity (Wildman–Crippen MR) is 90.5 cm³/mol. The molecule has 0 aliphatic rings. The van der Waals surface area contributed by atoms with Crippen LogP contribution in [0.25, 0.3) is 0 Å². The van der Waals surface area contributed by atoms with Crippen LogP contribution in [0, 0.1) is 27.3 Å². The van der Waals surface area contributed by atoms with Gasteiger partial charge in [-0.2, -0.15) is 5.26 Å². The van der Waals surface area contributed by atoms with E-state index < -0.39 is 16.6 Å². The van der Waals surface area contributed by atoms with Crippen LogP contribution in [0.1, 0.15) is 0 Å². The number of rotatable bonds is 5. The Bertz CT molecular complexity index is 891. The first-order valence-corrected chi connectivity index (χ1v) is 7.16. The zero-order valence-corrected chi connectivity index (χ0v) is 13.2. The Labute approximate surface area is 146 Å². The average Bonchev–Trinajstić information content (AvgIpc) is 2.59. The average molecular weight is 361 g/mol. The lowest BCUT2D eigenvalue weighted by Gasteiger charge is -2.05. The van der Waals surface area contributed by atoms with Crippen molar-refractivity contribution in [2.24, 2.45) is 0 Å². The molecule has 0 aliphatic heterocycles. The summed E-state index contributed by atoms with van der Waals surface area (Å²) >= 11 is 5.64. The normalized spacial score (nSPS) is 10.7. The van der Waals surface area contributed by atoms with Crippen molar-refractivity contribution in [2.45, 2.75) is 0 Å². The van der Waals surface area contributed by atoms with Crippen molar-refractivity contribution in [1.29, 1.82) is 5.26 Å². The molecule has 2 rings (SSSR count). The maximum absolute atomic E-state index is 13.1. The number of nitrogens with zero attached hydrogens (tertiary/aromatic N) is 2. The SMILES string of the molecule is N#C/C(=C/Nc1ccc(F)c(Cl)c1)C(=O)Nc1ccc([N+](=O)[O-])cc1. The quantitative estimate of drug-likeness (QED) is 0.364. The summed E-state index contributed by atoms with van der Waals surface area (Å²) in [5.41, 5.74) is 0.312. The van der Waals surface area contributed by atoms with E-state index in [0.717, 1.165) is 12.3 Å². The Morgan fingerprint density at radius 1 is 1.24 bits per heavy atom. The third kappa shape index (κ3) is 4.76. The molecule has 7 nitrogen and oxygen atoms in total. The molecule has 0 unspecified atom stereocenters. The lowest BCUT2D eigenvalue weighted by atomic mass is 10.2. The summed E-state index contributed by atoms with van der Waals surface area (Å²) in [7, 11) is 0. The largest absolute Gasteiger partial charge is 0.360 e. The first-order valence-electron chi connectivity index (χ1n) is 6.78. The number of nitro groups is 1. The van der Waals surface area contributed by atoms with Crippen LogP contribution >= 0.6 is 11.6 Å². The number of non-ortho nitro benzene ring substituents is 1. The van der Waals surface area contributed by atoms with E-state index in [2.05, 4.69) is 10.6 Å². The van der Waals surface area contributed by atoms with Crippen LogP contribution < -0.4 is 10.6 Å². The van der Waals surface area contributed by atoms with Gasteiger partial charge in [-0.05, 0) is 30.3 Å².